The maximum absolute atomic E-state index is 9.33. The lowest BCUT2D eigenvalue weighted by atomic mass is 10.2. The molecule has 0 saturated heterocycles. The van der Waals surface area contributed by atoms with Gasteiger partial charge in [-0.05, 0) is 19.1 Å². The van der Waals surface area contributed by atoms with Gasteiger partial charge < -0.3 is 19.5 Å². The summed E-state index contributed by atoms with van der Waals surface area (Å²) in [5.41, 5.74) is 0.456. The van der Waals surface area contributed by atoms with Crippen LogP contribution < -0.4 is 0 Å². The van der Waals surface area contributed by atoms with Crippen molar-refractivity contribution in [1.82, 2.24) is 10.1 Å². The molecule has 1 aromatic heterocycles. The molecule has 0 radical (unpaired) electrons. The highest BCUT2D eigenvalue weighted by Crippen LogP contribution is 2.27. The van der Waals surface area contributed by atoms with Crippen LogP contribution in [-0.4, -0.2) is 27.0 Å². The number of aromatic hydroxyl groups is 2. The average molecular weight is 236 g/mol. The van der Waals surface area contributed by atoms with Crippen LogP contribution in [0.1, 0.15) is 12.7 Å². The summed E-state index contributed by atoms with van der Waals surface area (Å²) in [6.07, 6.45) is 0. The van der Waals surface area contributed by atoms with Gasteiger partial charge in [-0.15, -0.1) is 0 Å². The highest BCUT2D eigenvalue weighted by Gasteiger charge is 2.10. The third kappa shape index (κ3) is 2.73. The van der Waals surface area contributed by atoms with Crippen molar-refractivity contribution < 1.29 is 19.5 Å². The number of phenols is 2. The SMILES string of the molecule is CCOCc1noc(-c2cc(O)cc(O)c2)n1. The van der Waals surface area contributed by atoms with Gasteiger partial charge in [-0.2, -0.15) is 4.98 Å². The van der Waals surface area contributed by atoms with E-state index in [0.29, 0.717) is 18.0 Å². The minimum Gasteiger partial charge on any atom is -0.508 e. The number of aromatic nitrogens is 2. The quantitative estimate of drug-likeness (QED) is 0.839. The Balaban J connectivity index is 2.24. The number of ether oxygens (including phenoxy) is 1. The average Bonchev–Trinajstić information content (AvgIpc) is 2.73. The molecule has 90 valence electrons. The molecule has 1 aromatic carbocycles. The predicted molar refractivity (Wildman–Crippen MR) is 58.4 cm³/mol. The van der Waals surface area contributed by atoms with Crippen LogP contribution in [-0.2, 0) is 11.3 Å². The topological polar surface area (TPSA) is 88.6 Å². The van der Waals surface area contributed by atoms with E-state index in [2.05, 4.69) is 10.1 Å². The molecule has 0 saturated carbocycles. The zero-order valence-corrected chi connectivity index (χ0v) is 9.25. The molecule has 6 nitrogen and oxygen atoms in total. The molecule has 2 N–H and O–H groups in total. The number of hydrogen-bond donors (Lipinski definition) is 2. The molecule has 2 aromatic rings. The van der Waals surface area contributed by atoms with Crippen molar-refractivity contribution in [2.24, 2.45) is 0 Å². The van der Waals surface area contributed by atoms with E-state index in [1.165, 1.54) is 18.2 Å². The molecule has 1 heterocycles. The van der Waals surface area contributed by atoms with Gasteiger partial charge in [0.25, 0.3) is 5.89 Å². The zero-order chi connectivity index (χ0) is 12.3. The summed E-state index contributed by atoms with van der Waals surface area (Å²) in [4.78, 5) is 4.08. The standard InChI is InChI=1S/C11H12N2O4/c1-2-16-6-10-12-11(17-13-10)7-3-8(14)5-9(15)4-7/h3-5,14-15H,2,6H2,1H3. The maximum atomic E-state index is 9.33. The van der Waals surface area contributed by atoms with Crippen molar-refractivity contribution in [1.29, 1.82) is 0 Å². The molecule has 2 rings (SSSR count). The first-order valence-electron chi connectivity index (χ1n) is 5.12. The number of rotatable bonds is 4. The van der Waals surface area contributed by atoms with Crippen molar-refractivity contribution in [2.45, 2.75) is 13.5 Å². The number of nitrogens with zero attached hydrogens (tertiary/aromatic N) is 2. The van der Waals surface area contributed by atoms with Crippen molar-refractivity contribution in [3.05, 3.63) is 24.0 Å². The molecule has 0 amide bonds. The molecule has 6 heteroatoms. The molecule has 0 atom stereocenters. The minimum absolute atomic E-state index is 0.0652. The molecular weight excluding hydrogens is 224 g/mol. The first kappa shape index (κ1) is 11.4. The summed E-state index contributed by atoms with van der Waals surface area (Å²) in [6, 6.07) is 4.08. The van der Waals surface area contributed by atoms with E-state index in [1.807, 2.05) is 6.92 Å². The van der Waals surface area contributed by atoms with Gasteiger partial charge in [0.05, 0.1) is 0 Å². The lowest BCUT2D eigenvalue weighted by Gasteiger charge is -1.97. The fourth-order valence-corrected chi connectivity index (χ4v) is 1.34. The molecule has 0 aliphatic rings. The normalized spacial score (nSPS) is 10.6. The van der Waals surface area contributed by atoms with E-state index in [-0.39, 0.29) is 24.0 Å². The number of benzene rings is 1. The van der Waals surface area contributed by atoms with Crippen LogP contribution in [0.15, 0.2) is 22.7 Å². The Morgan fingerprint density at radius 1 is 1.24 bits per heavy atom. The third-order valence-corrected chi connectivity index (χ3v) is 2.05. The summed E-state index contributed by atoms with van der Waals surface area (Å²) in [5.74, 6) is 0.518. The van der Waals surface area contributed by atoms with E-state index >= 15 is 0 Å². The lowest BCUT2D eigenvalue weighted by molar-refractivity contribution is 0.126. The Labute approximate surface area is 97.5 Å². The molecule has 0 unspecified atom stereocenters. The van der Waals surface area contributed by atoms with Gasteiger partial charge in [0.2, 0.25) is 0 Å². The Morgan fingerprint density at radius 2 is 1.94 bits per heavy atom. The lowest BCUT2D eigenvalue weighted by Crippen LogP contribution is -1.93. The second-order valence-electron chi connectivity index (χ2n) is 3.39. The summed E-state index contributed by atoms with van der Waals surface area (Å²) in [6.45, 7) is 2.70. The van der Waals surface area contributed by atoms with Crippen molar-refractivity contribution in [2.75, 3.05) is 6.61 Å². The monoisotopic (exact) mass is 236 g/mol. The Hall–Kier alpha value is -2.08. The van der Waals surface area contributed by atoms with E-state index in [1.54, 1.807) is 0 Å². The molecule has 0 spiro atoms. The predicted octanol–water partition coefficient (Wildman–Crippen LogP) is 1.68. The van der Waals surface area contributed by atoms with E-state index in [4.69, 9.17) is 9.26 Å². The molecule has 17 heavy (non-hydrogen) atoms. The highest BCUT2D eigenvalue weighted by atomic mass is 16.5. The van der Waals surface area contributed by atoms with Crippen molar-refractivity contribution >= 4 is 0 Å². The molecular formula is C11H12N2O4. The second kappa shape index (κ2) is 4.84. The van der Waals surface area contributed by atoms with E-state index < -0.39 is 0 Å². The number of phenolic OH excluding ortho intramolecular Hbond substituents is 2. The van der Waals surface area contributed by atoms with E-state index in [0.717, 1.165) is 0 Å². The first-order chi connectivity index (χ1) is 8.19. The third-order valence-electron chi connectivity index (χ3n) is 2.05. The fraction of sp³-hybridized carbons (Fsp3) is 0.273. The molecule has 0 bridgehead atoms. The Morgan fingerprint density at radius 3 is 2.59 bits per heavy atom. The van der Waals surface area contributed by atoms with Gasteiger partial charge in [0, 0.05) is 18.2 Å². The maximum Gasteiger partial charge on any atom is 0.258 e. The molecule has 0 aliphatic carbocycles. The second-order valence-corrected chi connectivity index (χ2v) is 3.39. The fourth-order valence-electron chi connectivity index (χ4n) is 1.34. The Kier molecular flexibility index (Phi) is 3.24. The van der Waals surface area contributed by atoms with Crippen LogP contribution in [0.3, 0.4) is 0 Å². The summed E-state index contributed by atoms with van der Waals surface area (Å²) in [7, 11) is 0. The zero-order valence-electron chi connectivity index (χ0n) is 9.25. The Bertz CT molecular complexity index is 490. The minimum atomic E-state index is -0.0652. The molecule has 0 aliphatic heterocycles. The van der Waals surface area contributed by atoms with Gasteiger partial charge in [0.15, 0.2) is 5.82 Å². The summed E-state index contributed by atoms with van der Waals surface area (Å²) >= 11 is 0. The van der Waals surface area contributed by atoms with Crippen molar-refractivity contribution in [3.8, 4) is 23.0 Å². The van der Waals surface area contributed by atoms with Gasteiger partial charge in [-0.1, -0.05) is 5.16 Å². The van der Waals surface area contributed by atoms with Crippen LogP contribution >= 0.6 is 0 Å². The smallest absolute Gasteiger partial charge is 0.258 e. The molecule has 0 fully saturated rings. The van der Waals surface area contributed by atoms with Crippen LogP contribution in [0.4, 0.5) is 0 Å². The first-order valence-corrected chi connectivity index (χ1v) is 5.12. The van der Waals surface area contributed by atoms with Crippen LogP contribution in [0, 0.1) is 0 Å². The van der Waals surface area contributed by atoms with Gasteiger partial charge in [0.1, 0.15) is 18.1 Å². The largest absolute Gasteiger partial charge is 0.508 e. The van der Waals surface area contributed by atoms with Gasteiger partial charge >= 0.3 is 0 Å². The van der Waals surface area contributed by atoms with Gasteiger partial charge in [-0.3, -0.25) is 0 Å². The van der Waals surface area contributed by atoms with E-state index in [9.17, 15) is 10.2 Å². The summed E-state index contributed by atoms with van der Waals surface area (Å²) in [5, 5.41) is 22.4. The summed E-state index contributed by atoms with van der Waals surface area (Å²) < 4.78 is 10.1. The highest BCUT2D eigenvalue weighted by molar-refractivity contribution is 5.58. The van der Waals surface area contributed by atoms with Crippen LogP contribution in [0.2, 0.25) is 0 Å². The van der Waals surface area contributed by atoms with Crippen LogP contribution in [0.25, 0.3) is 11.5 Å². The van der Waals surface area contributed by atoms with Gasteiger partial charge in [-0.25, -0.2) is 0 Å². The number of hydrogen-bond acceptors (Lipinski definition) is 6. The van der Waals surface area contributed by atoms with Crippen LogP contribution in [0.5, 0.6) is 11.5 Å². The van der Waals surface area contributed by atoms with Crippen molar-refractivity contribution in [3.63, 3.8) is 0 Å².